The van der Waals surface area contributed by atoms with E-state index in [1.807, 2.05) is 0 Å². The summed E-state index contributed by atoms with van der Waals surface area (Å²) in [5.74, 6) is 0. The third-order valence-corrected chi connectivity index (χ3v) is 8.38. The lowest BCUT2D eigenvalue weighted by Crippen LogP contribution is -2.34. The molecule has 0 radical (unpaired) electrons. The summed E-state index contributed by atoms with van der Waals surface area (Å²) in [6, 6.07) is 55.2. The van der Waals surface area contributed by atoms with Crippen LogP contribution in [-0.4, -0.2) is 0 Å². The molecular formula is C39H31N. The number of anilines is 3. The van der Waals surface area contributed by atoms with E-state index in [9.17, 15) is 0 Å². The molecule has 0 fully saturated rings. The Hall–Kier alpha value is -4.88. The summed E-state index contributed by atoms with van der Waals surface area (Å²) < 4.78 is 0. The standard InChI is InChI=1S/C39H31N/c1-28-14-13-17-30(26-28)31-24-25-36-38(27-31)40(32-18-7-4-8-19-32)37-23-12-11-22-35(37)39(36,2)34-21-10-9-20-33(34)29-15-5-3-6-16-29/h3-27H,1-2H3. The molecule has 0 aromatic heterocycles. The van der Waals surface area contributed by atoms with Crippen LogP contribution < -0.4 is 4.90 Å². The molecule has 6 aromatic carbocycles. The molecule has 1 nitrogen and oxygen atoms in total. The van der Waals surface area contributed by atoms with Crippen molar-refractivity contribution in [3.63, 3.8) is 0 Å². The molecule has 192 valence electrons. The molecule has 1 aliphatic rings. The lowest BCUT2D eigenvalue weighted by Gasteiger charge is -2.45. The quantitative estimate of drug-likeness (QED) is 0.227. The van der Waals surface area contributed by atoms with E-state index >= 15 is 0 Å². The van der Waals surface area contributed by atoms with Gasteiger partial charge in [-0.3, -0.25) is 0 Å². The third kappa shape index (κ3) is 3.86. The van der Waals surface area contributed by atoms with Gasteiger partial charge in [-0.1, -0.05) is 133 Å². The predicted molar refractivity (Wildman–Crippen MR) is 169 cm³/mol. The fourth-order valence-corrected chi connectivity index (χ4v) is 6.44. The molecule has 0 amide bonds. The van der Waals surface area contributed by atoms with Gasteiger partial charge < -0.3 is 4.90 Å². The summed E-state index contributed by atoms with van der Waals surface area (Å²) in [5.41, 5.74) is 13.4. The Kier molecular flexibility index (Phi) is 5.86. The van der Waals surface area contributed by atoms with Crippen molar-refractivity contribution in [3.8, 4) is 22.3 Å². The van der Waals surface area contributed by atoms with E-state index in [4.69, 9.17) is 0 Å². The summed E-state index contributed by atoms with van der Waals surface area (Å²) in [7, 11) is 0. The molecule has 6 aromatic rings. The molecular weight excluding hydrogens is 482 g/mol. The van der Waals surface area contributed by atoms with Crippen LogP contribution in [0.2, 0.25) is 0 Å². The molecule has 0 spiro atoms. The Morgan fingerprint density at radius 1 is 0.450 bits per heavy atom. The third-order valence-electron chi connectivity index (χ3n) is 8.38. The lowest BCUT2D eigenvalue weighted by atomic mass is 9.65. The lowest BCUT2D eigenvalue weighted by molar-refractivity contribution is 0.683. The van der Waals surface area contributed by atoms with Crippen molar-refractivity contribution in [1.82, 2.24) is 0 Å². The van der Waals surface area contributed by atoms with Crippen molar-refractivity contribution < 1.29 is 0 Å². The summed E-state index contributed by atoms with van der Waals surface area (Å²) >= 11 is 0. The van der Waals surface area contributed by atoms with Gasteiger partial charge in [0.2, 0.25) is 0 Å². The molecule has 0 aliphatic carbocycles. The maximum Gasteiger partial charge on any atom is 0.0512 e. The second-order valence-corrected chi connectivity index (χ2v) is 10.8. The molecule has 7 rings (SSSR count). The van der Waals surface area contributed by atoms with E-state index in [1.165, 1.54) is 55.9 Å². The second-order valence-electron chi connectivity index (χ2n) is 10.8. The first-order valence-corrected chi connectivity index (χ1v) is 14.0. The zero-order chi connectivity index (χ0) is 27.1. The van der Waals surface area contributed by atoms with Gasteiger partial charge in [-0.05, 0) is 77.1 Å². The summed E-state index contributed by atoms with van der Waals surface area (Å²) in [6.45, 7) is 4.56. The Bertz CT molecular complexity index is 1820. The van der Waals surface area contributed by atoms with Crippen molar-refractivity contribution in [2.45, 2.75) is 19.3 Å². The predicted octanol–water partition coefficient (Wildman–Crippen LogP) is 10.5. The minimum absolute atomic E-state index is 0.366. The van der Waals surface area contributed by atoms with Gasteiger partial charge in [0.1, 0.15) is 0 Å². The molecule has 1 unspecified atom stereocenters. The number of rotatable bonds is 4. The maximum atomic E-state index is 2.44. The highest BCUT2D eigenvalue weighted by Gasteiger charge is 2.42. The molecule has 1 atom stereocenters. The van der Waals surface area contributed by atoms with Crippen molar-refractivity contribution in [2.24, 2.45) is 0 Å². The first kappa shape index (κ1) is 24.2. The highest BCUT2D eigenvalue weighted by molar-refractivity contribution is 5.90. The van der Waals surface area contributed by atoms with Crippen LogP contribution in [0.1, 0.15) is 29.2 Å². The van der Waals surface area contributed by atoms with Gasteiger partial charge in [-0.15, -0.1) is 0 Å². The number of benzene rings is 6. The van der Waals surface area contributed by atoms with Crippen LogP contribution in [-0.2, 0) is 5.41 Å². The van der Waals surface area contributed by atoms with Crippen LogP contribution in [0.15, 0.2) is 152 Å². The van der Waals surface area contributed by atoms with Crippen LogP contribution in [0.25, 0.3) is 22.3 Å². The summed E-state index contributed by atoms with van der Waals surface area (Å²) in [4.78, 5) is 2.44. The second kappa shape index (κ2) is 9.70. The van der Waals surface area contributed by atoms with E-state index in [0.717, 1.165) is 5.69 Å². The Balaban J connectivity index is 1.55. The fourth-order valence-electron chi connectivity index (χ4n) is 6.44. The Morgan fingerprint density at radius 2 is 1.05 bits per heavy atom. The van der Waals surface area contributed by atoms with Crippen molar-refractivity contribution >= 4 is 17.1 Å². The Labute approximate surface area is 237 Å². The zero-order valence-corrected chi connectivity index (χ0v) is 22.9. The van der Waals surface area contributed by atoms with Crippen molar-refractivity contribution in [1.29, 1.82) is 0 Å². The SMILES string of the molecule is Cc1cccc(-c2ccc3c(c2)N(c2ccccc2)c2ccccc2C3(C)c2ccccc2-c2ccccc2)c1. The molecule has 0 bridgehead atoms. The minimum Gasteiger partial charge on any atom is -0.310 e. The van der Waals surface area contributed by atoms with E-state index in [2.05, 4.69) is 170 Å². The first-order valence-electron chi connectivity index (χ1n) is 14.0. The van der Waals surface area contributed by atoms with Crippen LogP contribution in [0.4, 0.5) is 17.1 Å². The van der Waals surface area contributed by atoms with Gasteiger partial charge in [0, 0.05) is 11.1 Å². The van der Waals surface area contributed by atoms with E-state index in [0.29, 0.717) is 0 Å². The molecule has 40 heavy (non-hydrogen) atoms. The average molecular weight is 514 g/mol. The van der Waals surface area contributed by atoms with E-state index in [1.54, 1.807) is 0 Å². The van der Waals surface area contributed by atoms with Crippen LogP contribution >= 0.6 is 0 Å². The van der Waals surface area contributed by atoms with Crippen LogP contribution in [0.3, 0.4) is 0 Å². The van der Waals surface area contributed by atoms with Gasteiger partial charge in [-0.25, -0.2) is 0 Å². The number of para-hydroxylation sites is 2. The van der Waals surface area contributed by atoms with Gasteiger partial charge in [-0.2, -0.15) is 0 Å². The zero-order valence-electron chi connectivity index (χ0n) is 22.9. The van der Waals surface area contributed by atoms with Crippen molar-refractivity contribution in [2.75, 3.05) is 4.90 Å². The number of hydrogen-bond acceptors (Lipinski definition) is 1. The maximum absolute atomic E-state index is 2.44. The number of hydrogen-bond donors (Lipinski definition) is 0. The highest BCUT2D eigenvalue weighted by atomic mass is 15.2. The molecule has 0 saturated carbocycles. The number of nitrogens with zero attached hydrogens (tertiary/aromatic N) is 1. The molecule has 1 heteroatoms. The van der Waals surface area contributed by atoms with Crippen LogP contribution in [0, 0.1) is 6.92 Å². The molecule has 0 saturated heterocycles. The average Bonchev–Trinajstić information content (AvgIpc) is 3.02. The first-order chi connectivity index (χ1) is 19.6. The van der Waals surface area contributed by atoms with Crippen molar-refractivity contribution in [3.05, 3.63) is 174 Å². The topological polar surface area (TPSA) is 3.24 Å². The van der Waals surface area contributed by atoms with E-state index in [-0.39, 0.29) is 5.41 Å². The number of fused-ring (bicyclic) bond motifs is 2. The largest absolute Gasteiger partial charge is 0.310 e. The van der Waals surface area contributed by atoms with Gasteiger partial charge in [0.25, 0.3) is 0 Å². The molecule has 1 heterocycles. The number of aryl methyl sites for hydroxylation is 1. The monoisotopic (exact) mass is 513 g/mol. The van der Waals surface area contributed by atoms with Gasteiger partial charge >= 0.3 is 0 Å². The molecule has 0 N–H and O–H groups in total. The summed E-state index contributed by atoms with van der Waals surface area (Å²) in [6.07, 6.45) is 0. The summed E-state index contributed by atoms with van der Waals surface area (Å²) in [5, 5.41) is 0. The minimum atomic E-state index is -0.366. The smallest absolute Gasteiger partial charge is 0.0512 e. The fraction of sp³-hybridized carbons (Fsp3) is 0.0769. The van der Waals surface area contributed by atoms with Gasteiger partial charge in [0.15, 0.2) is 0 Å². The van der Waals surface area contributed by atoms with Crippen LogP contribution in [0.5, 0.6) is 0 Å². The van der Waals surface area contributed by atoms with Gasteiger partial charge in [0.05, 0.1) is 11.4 Å². The Morgan fingerprint density at radius 3 is 1.82 bits per heavy atom. The highest BCUT2D eigenvalue weighted by Crippen LogP contribution is 2.56. The normalized spacial score (nSPS) is 15.8. The molecule has 1 aliphatic heterocycles. The van der Waals surface area contributed by atoms with E-state index < -0.39 is 0 Å².